The van der Waals surface area contributed by atoms with Gasteiger partial charge in [-0.2, -0.15) is 0 Å². The van der Waals surface area contributed by atoms with Crippen molar-refractivity contribution in [3.8, 4) is 0 Å². The van der Waals surface area contributed by atoms with E-state index in [1.54, 1.807) is 7.11 Å². The van der Waals surface area contributed by atoms with Crippen molar-refractivity contribution in [2.75, 3.05) is 7.11 Å². The summed E-state index contributed by atoms with van der Waals surface area (Å²) in [7, 11) is 1.70. The first kappa shape index (κ1) is 14.2. The highest BCUT2D eigenvalue weighted by molar-refractivity contribution is 5.26. The minimum absolute atomic E-state index is 0.208. The Morgan fingerprint density at radius 2 is 1.53 bits per heavy atom. The van der Waals surface area contributed by atoms with Crippen LogP contribution in [-0.4, -0.2) is 18.3 Å². The molecule has 1 rings (SSSR count). The quantitative estimate of drug-likeness (QED) is 0.816. The molecule has 0 heterocycles. The van der Waals surface area contributed by atoms with E-state index in [0.717, 1.165) is 18.4 Å². The molecule has 0 bridgehead atoms. The minimum Gasteiger partial charge on any atom is -0.388 e. The van der Waals surface area contributed by atoms with E-state index >= 15 is 0 Å². The van der Waals surface area contributed by atoms with Gasteiger partial charge in [-0.05, 0) is 36.8 Å². The summed E-state index contributed by atoms with van der Waals surface area (Å²) in [5, 5.41) is 10.0. The second kappa shape index (κ2) is 6.77. The SMILES string of the molecule is COC(C)CCC(O)c1ccc(C(C)C)cc1. The number of hydrogen-bond acceptors (Lipinski definition) is 2. The summed E-state index contributed by atoms with van der Waals surface area (Å²) in [4.78, 5) is 0. The molecule has 0 fully saturated rings. The van der Waals surface area contributed by atoms with E-state index in [4.69, 9.17) is 4.74 Å². The van der Waals surface area contributed by atoms with Crippen molar-refractivity contribution in [1.82, 2.24) is 0 Å². The van der Waals surface area contributed by atoms with Crippen LogP contribution in [0, 0.1) is 0 Å². The Kier molecular flexibility index (Phi) is 5.66. The summed E-state index contributed by atoms with van der Waals surface area (Å²) in [5.41, 5.74) is 2.31. The third kappa shape index (κ3) is 4.49. The molecule has 0 saturated carbocycles. The van der Waals surface area contributed by atoms with Gasteiger partial charge >= 0.3 is 0 Å². The lowest BCUT2D eigenvalue weighted by Gasteiger charge is -2.15. The molecule has 0 aliphatic carbocycles. The summed E-state index contributed by atoms with van der Waals surface area (Å²) in [6.45, 7) is 6.37. The van der Waals surface area contributed by atoms with Gasteiger partial charge in [0.25, 0.3) is 0 Å². The molecule has 0 aliphatic heterocycles. The molecule has 1 N–H and O–H groups in total. The van der Waals surface area contributed by atoms with Crippen LogP contribution in [0.5, 0.6) is 0 Å². The van der Waals surface area contributed by atoms with Crippen molar-refractivity contribution in [1.29, 1.82) is 0 Å². The van der Waals surface area contributed by atoms with Crippen LogP contribution >= 0.6 is 0 Å². The van der Waals surface area contributed by atoms with Crippen molar-refractivity contribution >= 4 is 0 Å². The van der Waals surface area contributed by atoms with Crippen LogP contribution < -0.4 is 0 Å². The van der Waals surface area contributed by atoms with Gasteiger partial charge in [0.1, 0.15) is 0 Å². The van der Waals surface area contributed by atoms with E-state index in [2.05, 4.69) is 26.0 Å². The second-order valence-corrected chi connectivity index (χ2v) is 4.96. The van der Waals surface area contributed by atoms with Crippen LogP contribution in [0.15, 0.2) is 24.3 Å². The van der Waals surface area contributed by atoms with Gasteiger partial charge in [0.15, 0.2) is 0 Å². The van der Waals surface area contributed by atoms with Gasteiger partial charge in [-0.15, -0.1) is 0 Å². The Labute approximate surface area is 105 Å². The highest BCUT2D eigenvalue weighted by Crippen LogP contribution is 2.22. The molecule has 96 valence electrons. The van der Waals surface area contributed by atoms with E-state index < -0.39 is 0 Å². The van der Waals surface area contributed by atoms with E-state index in [-0.39, 0.29) is 12.2 Å². The Balaban J connectivity index is 2.54. The van der Waals surface area contributed by atoms with Gasteiger partial charge in [0.2, 0.25) is 0 Å². The van der Waals surface area contributed by atoms with Crippen molar-refractivity contribution in [2.45, 2.75) is 51.7 Å². The zero-order chi connectivity index (χ0) is 12.8. The predicted molar refractivity (Wildman–Crippen MR) is 71.2 cm³/mol. The third-order valence-corrected chi connectivity index (χ3v) is 3.24. The third-order valence-electron chi connectivity index (χ3n) is 3.24. The van der Waals surface area contributed by atoms with E-state index in [0.29, 0.717) is 5.92 Å². The van der Waals surface area contributed by atoms with Crippen LogP contribution in [0.4, 0.5) is 0 Å². The van der Waals surface area contributed by atoms with Crippen LogP contribution in [-0.2, 0) is 4.74 Å². The molecule has 1 aromatic carbocycles. The average Bonchev–Trinajstić information content (AvgIpc) is 2.35. The minimum atomic E-state index is -0.381. The maximum Gasteiger partial charge on any atom is 0.0791 e. The summed E-state index contributed by atoms with van der Waals surface area (Å²) in [5.74, 6) is 0.537. The molecule has 0 aromatic heterocycles. The Morgan fingerprint density at radius 1 is 1.00 bits per heavy atom. The largest absolute Gasteiger partial charge is 0.388 e. The maximum atomic E-state index is 10.0. The van der Waals surface area contributed by atoms with Crippen LogP contribution in [0.2, 0.25) is 0 Å². The maximum absolute atomic E-state index is 10.0. The highest BCUT2D eigenvalue weighted by Gasteiger charge is 2.10. The van der Waals surface area contributed by atoms with E-state index in [1.807, 2.05) is 19.1 Å². The molecule has 0 radical (unpaired) electrons. The van der Waals surface area contributed by atoms with Crippen molar-refractivity contribution in [3.05, 3.63) is 35.4 Å². The summed E-state index contributed by atoms with van der Waals surface area (Å²) >= 11 is 0. The average molecular weight is 236 g/mol. The number of ether oxygens (including phenoxy) is 1. The van der Waals surface area contributed by atoms with Crippen molar-refractivity contribution in [2.24, 2.45) is 0 Å². The Morgan fingerprint density at radius 3 is 2.00 bits per heavy atom. The lowest BCUT2D eigenvalue weighted by atomic mass is 9.98. The zero-order valence-corrected chi connectivity index (χ0v) is 11.3. The molecule has 0 aliphatic rings. The summed E-state index contributed by atoms with van der Waals surface area (Å²) in [6.07, 6.45) is 1.45. The van der Waals surface area contributed by atoms with Gasteiger partial charge in [0.05, 0.1) is 12.2 Å². The molecule has 2 nitrogen and oxygen atoms in total. The lowest BCUT2D eigenvalue weighted by Crippen LogP contribution is -2.07. The molecule has 1 aromatic rings. The summed E-state index contributed by atoms with van der Waals surface area (Å²) in [6, 6.07) is 8.25. The molecular formula is C15H24O2. The van der Waals surface area contributed by atoms with Crippen LogP contribution in [0.25, 0.3) is 0 Å². The molecule has 2 heteroatoms. The normalized spacial score (nSPS) is 14.9. The molecular weight excluding hydrogens is 212 g/mol. The number of benzene rings is 1. The van der Waals surface area contributed by atoms with Crippen LogP contribution in [0.1, 0.15) is 56.8 Å². The van der Waals surface area contributed by atoms with Crippen molar-refractivity contribution < 1.29 is 9.84 Å². The number of rotatable bonds is 6. The highest BCUT2D eigenvalue weighted by atomic mass is 16.5. The molecule has 2 atom stereocenters. The first-order valence-electron chi connectivity index (χ1n) is 6.35. The van der Waals surface area contributed by atoms with Gasteiger partial charge < -0.3 is 9.84 Å². The topological polar surface area (TPSA) is 29.5 Å². The smallest absolute Gasteiger partial charge is 0.0791 e. The molecule has 2 unspecified atom stereocenters. The van der Waals surface area contributed by atoms with Gasteiger partial charge in [-0.3, -0.25) is 0 Å². The molecule has 17 heavy (non-hydrogen) atoms. The van der Waals surface area contributed by atoms with E-state index in [9.17, 15) is 5.11 Å². The Hall–Kier alpha value is -0.860. The fourth-order valence-corrected chi connectivity index (χ4v) is 1.78. The molecule has 0 spiro atoms. The second-order valence-electron chi connectivity index (χ2n) is 4.96. The fraction of sp³-hybridized carbons (Fsp3) is 0.600. The van der Waals surface area contributed by atoms with Gasteiger partial charge in [-0.25, -0.2) is 0 Å². The predicted octanol–water partition coefficient (Wildman–Crippen LogP) is 3.66. The zero-order valence-electron chi connectivity index (χ0n) is 11.3. The summed E-state index contributed by atoms with van der Waals surface area (Å²) < 4.78 is 5.18. The first-order valence-corrected chi connectivity index (χ1v) is 6.35. The number of aliphatic hydroxyl groups excluding tert-OH is 1. The lowest BCUT2D eigenvalue weighted by molar-refractivity contribution is 0.0851. The van der Waals surface area contributed by atoms with E-state index in [1.165, 1.54) is 5.56 Å². The Bertz CT molecular complexity index is 316. The number of methoxy groups -OCH3 is 1. The number of aliphatic hydroxyl groups is 1. The van der Waals surface area contributed by atoms with Crippen molar-refractivity contribution in [3.63, 3.8) is 0 Å². The standard InChI is InChI=1S/C15H24O2/c1-11(2)13-6-8-14(9-7-13)15(16)10-5-12(3)17-4/h6-9,11-12,15-16H,5,10H2,1-4H3. The monoisotopic (exact) mass is 236 g/mol. The molecule has 0 amide bonds. The van der Waals surface area contributed by atoms with Crippen LogP contribution in [0.3, 0.4) is 0 Å². The van der Waals surface area contributed by atoms with Gasteiger partial charge in [-0.1, -0.05) is 38.1 Å². The van der Waals surface area contributed by atoms with Gasteiger partial charge in [0, 0.05) is 7.11 Å². The fourth-order valence-electron chi connectivity index (χ4n) is 1.78. The number of hydrogen-bond donors (Lipinski definition) is 1. The molecule has 0 saturated heterocycles. The first-order chi connectivity index (χ1) is 8.04.